The van der Waals surface area contributed by atoms with Crippen LogP contribution in [0.3, 0.4) is 0 Å². The molecule has 0 bridgehead atoms. The number of amides is 1. The molecule has 0 aliphatic heterocycles. The number of anilines is 1. The monoisotopic (exact) mass is 404 g/mol. The van der Waals surface area contributed by atoms with Gasteiger partial charge in [-0.15, -0.1) is 5.10 Å². The molecule has 0 saturated heterocycles. The van der Waals surface area contributed by atoms with E-state index in [0.29, 0.717) is 22.8 Å². The van der Waals surface area contributed by atoms with Crippen LogP contribution in [0, 0.1) is 13.8 Å². The largest absolute Gasteiger partial charge is 0.497 e. The van der Waals surface area contributed by atoms with Crippen LogP contribution in [0.25, 0.3) is 16.9 Å². The Bertz CT molecular complexity index is 1290. The van der Waals surface area contributed by atoms with Crippen LogP contribution >= 0.6 is 0 Å². The lowest BCUT2D eigenvalue weighted by Crippen LogP contribution is -2.28. The van der Waals surface area contributed by atoms with Crippen molar-refractivity contribution in [3.63, 3.8) is 0 Å². The number of methoxy groups -OCH3 is 1. The molecule has 2 aromatic carbocycles. The zero-order valence-electron chi connectivity index (χ0n) is 16.8. The number of aryl methyl sites for hydroxylation is 2. The number of ether oxygens (including phenoxy) is 1. The molecule has 0 radical (unpaired) electrons. The van der Waals surface area contributed by atoms with E-state index in [1.165, 1.54) is 15.6 Å². The number of hydrogen-bond acceptors (Lipinski definition) is 6. The van der Waals surface area contributed by atoms with Gasteiger partial charge in [0.05, 0.1) is 12.8 Å². The highest BCUT2D eigenvalue weighted by molar-refractivity contribution is 5.91. The van der Waals surface area contributed by atoms with Crippen molar-refractivity contribution in [1.82, 2.24) is 24.5 Å². The van der Waals surface area contributed by atoms with Gasteiger partial charge in [-0.3, -0.25) is 14.2 Å². The molecule has 2 heterocycles. The number of rotatable bonds is 5. The third-order valence-corrected chi connectivity index (χ3v) is 4.73. The van der Waals surface area contributed by atoms with Gasteiger partial charge in [0, 0.05) is 5.69 Å². The maximum Gasteiger partial charge on any atom is 0.284 e. The number of benzene rings is 2. The van der Waals surface area contributed by atoms with Crippen molar-refractivity contribution in [3.05, 3.63) is 70.3 Å². The van der Waals surface area contributed by atoms with Crippen molar-refractivity contribution < 1.29 is 9.53 Å². The van der Waals surface area contributed by atoms with Crippen LogP contribution in [-0.4, -0.2) is 37.6 Å². The van der Waals surface area contributed by atoms with Gasteiger partial charge in [0.1, 0.15) is 18.6 Å². The van der Waals surface area contributed by atoms with Gasteiger partial charge in [-0.05, 0) is 55.3 Å². The second-order valence-corrected chi connectivity index (χ2v) is 6.92. The molecule has 4 aromatic rings. The third kappa shape index (κ3) is 3.64. The minimum absolute atomic E-state index is 0.0906. The molecule has 9 heteroatoms. The molecular formula is C21H20N6O3. The van der Waals surface area contributed by atoms with Crippen LogP contribution in [0.4, 0.5) is 5.69 Å². The van der Waals surface area contributed by atoms with Crippen molar-refractivity contribution in [3.8, 4) is 11.4 Å². The van der Waals surface area contributed by atoms with Crippen LogP contribution in [-0.2, 0) is 11.3 Å². The topological polar surface area (TPSA) is 104 Å². The number of hydrogen-bond donors (Lipinski definition) is 1. The Balaban J connectivity index is 1.60. The van der Waals surface area contributed by atoms with Crippen LogP contribution < -0.4 is 15.6 Å². The number of fused-ring (bicyclic) bond motifs is 1. The van der Waals surface area contributed by atoms with Gasteiger partial charge in [-0.2, -0.15) is 4.68 Å². The Kier molecular flexibility index (Phi) is 5.01. The van der Waals surface area contributed by atoms with E-state index in [0.717, 1.165) is 11.1 Å². The van der Waals surface area contributed by atoms with Crippen molar-refractivity contribution >= 4 is 22.8 Å². The second-order valence-electron chi connectivity index (χ2n) is 6.92. The summed E-state index contributed by atoms with van der Waals surface area (Å²) < 4.78 is 7.84. The SMILES string of the molecule is COc1ccc(-n2nnc3c(=O)n(CC(=O)Nc4cc(C)ccc4C)cnc32)cc1. The van der Waals surface area contributed by atoms with Gasteiger partial charge in [0.25, 0.3) is 5.56 Å². The highest BCUT2D eigenvalue weighted by atomic mass is 16.5. The molecule has 152 valence electrons. The lowest BCUT2D eigenvalue weighted by molar-refractivity contribution is -0.116. The van der Waals surface area contributed by atoms with E-state index >= 15 is 0 Å². The first-order valence-electron chi connectivity index (χ1n) is 9.28. The highest BCUT2D eigenvalue weighted by Gasteiger charge is 2.15. The first-order chi connectivity index (χ1) is 14.5. The van der Waals surface area contributed by atoms with Crippen LogP contribution in [0.5, 0.6) is 5.75 Å². The first-order valence-corrected chi connectivity index (χ1v) is 9.28. The molecule has 1 amide bonds. The Morgan fingerprint density at radius 1 is 1.13 bits per heavy atom. The van der Waals surface area contributed by atoms with Gasteiger partial charge in [0.15, 0.2) is 11.2 Å². The fourth-order valence-electron chi connectivity index (χ4n) is 3.07. The number of carbonyl (C=O) groups excluding carboxylic acids is 1. The van der Waals surface area contributed by atoms with E-state index in [9.17, 15) is 9.59 Å². The smallest absolute Gasteiger partial charge is 0.284 e. The molecule has 4 rings (SSSR count). The van der Waals surface area contributed by atoms with E-state index in [2.05, 4.69) is 20.6 Å². The zero-order valence-corrected chi connectivity index (χ0v) is 16.8. The van der Waals surface area contributed by atoms with E-state index in [-0.39, 0.29) is 18.0 Å². The highest BCUT2D eigenvalue weighted by Crippen LogP contribution is 2.17. The van der Waals surface area contributed by atoms with Crippen molar-refractivity contribution in [2.24, 2.45) is 0 Å². The summed E-state index contributed by atoms with van der Waals surface area (Å²) in [6.07, 6.45) is 1.33. The number of aromatic nitrogens is 5. The van der Waals surface area contributed by atoms with Gasteiger partial charge in [0.2, 0.25) is 5.91 Å². The van der Waals surface area contributed by atoms with Crippen molar-refractivity contribution in [2.45, 2.75) is 20.4 Å². The molecule has 30 heavy (non-hydrogen) atoms. The Labute approximate surface area is 171 Å². The fourth-order valence-corrected chi connectivity index (χ4v) is 3.07. The molecule has 0 fully saturated rings. The van der Waals surface area contributed by atoms with E-state index in [1.54, 1.807) is 31.4 Å². The summed E-state index contributed by atoms with van der Waals surface area (Å²) in [7, 11) is 1.58. The average molecular weight is 404 g/mol. The first kappa shape index (κ1) is 19.3. The van der Waals surface area contributed by atoms with Gasteiger partial charge in [-0.25, -0.2) is 4.98 Å². The molecule has 0 unspecified atom stereocenters. The van der Waals surface area contributed by atoms with Crippen LogP contribution in [0.2, 0.25) is 0 Å². The molecule has 1 N–H and O–H groups in total. The molecular weight excluding hydrogens is 384 g/mol. The fraction of sp³-hybridized carbons (Fsp3) is 0.190. The second kappa shape index (κ2) is 7.78. The lowest BCUT2D eigenvalue weighted by Gasteiger charge is -2.10. The van der Waals surface area contributed by atoms with Gasteiger partial charge in [-0.1, -0.05) is 17.3 Å². The lowest BCUT2D eigenvalue weighted by atomic mass is 10.1. The molecule has 0 aliphatic rings. The minimum Gasteiger partial charge on any atom is -0.497 e. The summed E-state index contributed by atoms with van der Waals surface area (Å²) in [5.41, 5.74) is 3.35. The molecule has 0 saturated carbocycles. The quantitative estimate of drug-likeness (QED) is 0.547. The predicted octanol–water partition coefficient (Wildman–Crippen LogP) is 2.24. The third-order valence-electron chi connectivity index (χ3n) is 4.73. The summed E-state index contributed by atoms with van der Waals surface area (Å²) in [4.78, 5) is 29.6. The number of nitrogens with zero attached hydrogens (tertiary/aromatic N) is 5. The summed E-state index contributed by atoms with van der Waals surface area (Å²) >= 11 is 0. The molecule has 0 aliphatic carbocycles. The molecule has 9 nitrogen and oxygen atoms in total. The summed E-state index contributed by atoms with van der Waals surface area (Å²) in [5.74, 6) is 0.378. The summed E-state index contributed by atoms with van der Waals surface area (Å²) in [5, 5.41) is 10.8. The van der Waals surface area contributed by atoms with E-state index < -0.39 is 5.56 Å². The predicted molar refractivity (Wildman–Crippen MR) is 112 cm³/mol. The minimum atomic E-state index is -0.434. The van der Waals surface area contributed by atoms with Crippen LogP contribution in [0.1, 0.15) is 11.1 Å². The maximum atomic E-state index is 12.8. The molecule has 2 aromatic heterocycles. The summed E-state index contributed by atoms with van der Waals surface area (Å²) in [6, 6.07) is 12.9. The zero-order chi connectivity index (χ0) is 21.3. The van der Waals surface area contributed by atoms with Gasteiger partial charge < -0.3 is 10.1 Å². The Morgan fingerprint density at radius 2 is 1.90 bits per heavy atom. The standard InChI is InChI=1S/C21H20N6O3/c1-13-4-5-14(2)17(10-13)23-18(28)11-26-12-22-20-19(21(26)29)24-25-27(20)15-6-8-16(30-3)9-7-15/h4-10,12H,11H2,1-3H3,(H,23,28). The molecule has 0 atom stereocenters. The number of nitrogens with one attached hydrogen (secondary N) is 1. The van der Waals surface area contributed by atoms with Crippen molar-refractivity contribution in [1.29, 1.82) is 0 Å². The maximum absolute atomic E-state index is 12.8. The normalized spacial score (nSPS) is 10.9. The number of carbonyl (C=O) groups is 1. The summed E-state index contributed by atoms with van der Waals surface area (Å²) in [6.45, 7) is 3.68. The average Bonchev–Trinajstić information content (AvgIpc) is 3.18. The Morgan fingerprint density at radius 3 is 2.63 bits per heavy atom. The van der Waals surface area contributed by atoms with Crippen LogP contribution in [0.15, 0.2) is 53.6 Å². The van der Waals surface area contributed by atoms with Crippen molar-refractivity contribution in [2.75, 3.05) is 12.4 Å². The van der Waals surface area contributed by atoms with Gasteiger partial charge >= 0.3 is 0 Å². The Hall–Kier alpha value is -4.01. The van der Waals surface area contributed by atoms with E-state index in [4.69, 9.17) is 4.74 Å². The molecule has 0 spiro atoms. The van der Waals surface area contributed by atoms with E-state index in [1.807, 2.05) is 32.0 Å².